The van der Waals surface area contributed by atoms with Crippen LogP contribution in [0, 0.1) is 6.92 Å². The van der Waals surface area contributed by atoms with Gasteiger partial charge in [-0.1, -0.05) is 48.0 Å². The summed E-state index contributed by atoms with van der Waals surface area (Å²) in [6, 6.07) is 14.9. The Hall–Kier alpha value is -1.62. The second-order valence-electron chi connectivity index (χ2n) is 5.39. The molecule has 0 radical (unpaired) electrons. The van der Waals surface area contributed by atoms with Gasteiger partial charge in [0, 0.05) is 7.11 Å². The summed E-state index contributed by atoms with van der Waals surface area (Å²) in [5.74, 6) is 0. The molecule has 3 nitrogen and oxygen atoms in total. The van der Waals surface area contributed by atoms with E-state index in [0.29, 0.717) is 20.0 Å². The van der Waals surface area contributed by atoms with Crippen LogP contribution in [0.15, 0.2) is 42.5 Å². The van der Waals surface area contributed by atoms with Gasteiger partial charge in [0.25, 0.3) is 0 Å². The SMILES string of the molecule is COCOCc1ccc2c(c1)COB2c1cccc(C)c1. The summed E-state index contributed by atoms with van der Waals surface area (Å²) in [4.78, 5) is 0. The summed E-state index contributed by atoms with van der Waals surface area (Å²) in [5, 5.41) is 0. The van der Waals surface area contributed by atoms with E-state index in [1.54, 1.807) is 7.11 Å². The Morgan fingerprint density at radius 2 is 2.10 bits per heavy atom. The maximum atomic E-state index is 5.98. The molecule has 0 bridgehead atoms. The topological polar surface area (TPSA) is 27.7 Å². The standard InChI is InChI=1S/C17H19BO3/c1-13-4-3-5-16(8-13)18-17-7-6-14(10-20-12-19-2)9-15(17)11-21-18/h3-9H,10-12H2,1-2H3. The van der Waals surface area contributed by atoms with Crippen LogP contribution in [-0.4, -0.2) is 20.8 Å². The molecule has 0 amide bonds. The molecule has 0 atom stereocenters. The molecular formula is C17H19BO3. The minimum absolute atomic E-state index is 0.0499. The highest BCUT2D eigenvalue weighted by Gasteiger charge is 2.29. The van der Waals surface area contributed by atoms with Crippen LogP contribution in [0.25, 0.3) is 0 Å². The van der Waals surface area contributed by atoms with Crippen molar-refractivity contribution in [3.63, 3.8) is 0 Å². The van der Waals surface area contributed by atoms with E-state index in [4.69, 9.17) is 14.1 Å². The van der Waals surface area contributed by atoms with Gasteiger partial charge in [0.05, 0.1) is 13.2 Å². The third kappa shape index (κ3) is 3.18. The fraction of sp³-hybridized carbons (Fsp3) is 0.294. The summed E-state index contributed by atoms with van der Waals surface area (Å²) < 4.78 is 16.3. The number of aryl methyl sites for hydroxylation is 1. The highest BCUT2D eigenvalue weighted by molar-refractivity contribution is 6.81. The van der Waals surface area contributed by atoms with Crippen LogP contribution < -0.4 is 10.9 Å². The normalized spacial score (nSPS) is 13.5. The molecule has 1 aliphatic rings. The molecule has 0 spiro atoms. The Morgan fingerprint density at radius 3 is 2.90 bits per heavy atom. The van der Waals surface area contributed by atoms with E-state index in [0.717, 1.165) is 5.56 Å². The summed E-state index contributed by atoms with van der Waals surface area (Å²) in [5.41, 5.74) is 6.14. The number of hydrogen-bond donors (Lipinski definition) is 0. The summed E-state index contributed by atoms with van der Waals surface area (Å²) in [6.45, 7) is 3.70. The van der Waals surface area contributed by atoms with E-state index in [1.807, 2.05) is 0 Å². The van der Waals surface area contributed by atoms with Crippen molar-refractivity contribution in [3.05, 3.63) is 59.2 Å². The van der Waals surface area contributed by atoms with Gasteiger partial charge in [0.1, 0.15) is 6.79 Å². The lowest BCUT2D eigenvalue weighted by Gasteiger charge is -2.09. The predicted molar refractivity (Wildman–Crippen MR) is 84.1 cm³/mol. The van der Waals surface area contributed by atoms with E-state index < -0.39 is 0 Å². The van der Waals surface area contributed by atoms with Crippen LogP contribution in [0.5, 0.6) is 0 Å². The first-order valence-electron chi connectivity index (χ1n) is 7.14. The van der Waals surface area contributed by atoms with Crippen LogP contribution in [0.2, 0.25) is 0 Å². The Kier molecular flexibility index (Phi) is 4.39. The van der Waals surface area contributed by atoms with Gasteiger partial charge in [-0.05, 0) is 29.0 Å². The molecule has 0 unspecified atom stereocenters. The van der Waals surface area contributed by atoms with Crippen LogP contribution >= 0.6 is 0 Å². The van der Waals surface area contributed by atoms with Crippen molar-refractivity contribution in [1.29, 1.82) is 0 Å². The third-order valence-electron chi connectivity index (χ3n) is 3.71. The molecule has 108 valence electrons. The average Bonchev–Trinajstić information content (AvgIpc) is 2.91. The van der Waals surface area contributed by atoms with Crippen molar-refractivity contribution in [1.82, 2.24) is 0 Å². The smallest absolute Gasteiger partial charge is 0.362 e. The largest absolute Gasteiger partial charge is 0.423 e. The van der Waals surface area contributed by atoms with E-state index in [1.165, 1.54) is 22.1 Å². The lowest BCUT2D eigenvalue weighted by Crippen LogP contribution is -2.41. The van der Waals surface area contributed by atoms with E-state index >= 15 is 0 Å². The van der Waals surface area contributed by atoms with Crippen molar-refractivity contribution in [3.8, 4) is 0 Å². The second-order valence-corrected chi connectivity index (χ2v) is 5.39. The van der Waals surface area contributed by atoms with Gasteiger partial charge in [-0.2, -0.15) is 0 Å². The van der Waals surface area contributed by atoms with Crippen molar-refractivity contribution in [2.45, 2.75) is 20.1 Å². The first kappa shape index (κ1) is 14.3. The lowest BCUT2D eigenvalue weighted by atomic mass is 9.55. The predicted octanol–water partition coefficient (Wildman–Crippen LogP) is 1.75. The Bertz CT molecular complexity index is 627. The summed E-state index contributed by atoms with van der Waals surface area (Å²) in [6.07, 6.45) is 0. The molecule has 1 aliphatic heterocycles. The van der Waals surface area contributed by atoms with Gasteiger partial charge in [-0.15, -0.1) is 0 Å². The van der Waals surface area contributed by atoms with Crippen molar-refractivity contribution < 1.29 is 14.1 Å². The fourth-order valence-electron chi connectivity index (χ4n) is 2.74. The molecule has 1 heterocycles. The molecule has 0 fully saturated rings. The quantitative estimate of drug-likeness (QED) is 0.475. The van der Waals surface area contributed by atoms with Crippen LogP contribution in [0.3, 0.4) is 0 Å². The maximum absolute atomic E-state index is 5.98. The van der Waals surface area contributed by atoms with Crippen LogP contribution in [0.4, 0.5) is 0 Å². The van der Waals surface area contributed by atoms with Gasteiger partial charge >= 0.3 is 6.92 Å². The van der Waals surface area contributed by atoms with E-state index in [2.05, 4.69) is 49.4 Å². The monoisotopic (exact) mass is 282 g/mol. The van der Waals surface area contributed by atoms with Gasteiger partial charge < -0.3 is 14.1 Å². The zero-order valence-corrected chi connectivity index (χ0v) is 12.5. The van der Waals surface area contributed by atoms with Gasteiger partial charge in [-0.25, -0.2) is 0 Å². The molecule has 0 N–H and O–H groups in total. The number of fused-ring (bicyclic) bond motifs is 1. The second kappa shape index (κ2) is 6.44. The highest BCUT2D eigenvalue weighted by atomic mass is 16.7. The van der Waals surface area contributed by atoms with Gasteiger partial charge in [-0.3, -0.25) is 0 Å². The molecule has 3 rings (SSSR count). The molecule has 2 aromatic carbocycles. The first-order chi connectivity index (χ1) is 10.3. The lowest BCUT2D eigenvalue weighted by molar-refractivity contribution is -0.0390. The molecule has 0 aromatic heterocycles. The Balaban J connectivity index is 1.80. The number of rotatable bonds is 5. The average molecular weight is 282 g/mol. The van der Waals surface area contributed by atoms with Crippen molar-refractivity contribution in [2.75, 3.05) is 13.9 Å². The number of ether oxygens (including phenoxy) is 2. The Labute approximate surface area is 126 Å². The number of hydrogen-bond acceptors (Lipinski definition) is 3. The Morgan fingerprint density at radius 1 is 1.19 bits per heavy atom. The fourth-order valence-corrected chi connectivity index (χ4v) is 2.74. The number of methoxy groups -OCH3 is 1. The van der Waals surface area contributed by atoms with Crippen LogP contribution in [0.1, 0.15) is 16.7 Å². The van der Waals surface area contributed by atoms with E-state index in [-0.39, 0.29) is 6.92 Å². The molecule has 0 saturated carbocycles. The zero-order chi connectivity index (χ0) is 14.7. The highest BCUT2D eigenvalue weighted by Crippen LogP contribution is 2.14. The minimum atomic E-state index is 0.0499. The molecular weight excluding hydrogens is 263 g/mol. The molecule has 4 heteroatoms. The van der Waals surface area contributed by atoms with Crippen LogP contribution in [-0.2, 0) is 27.3 Å². The van der Waals surface area contributed by atoms with E-state index in [9.17, 15) is 0 Å². The first-order valence-corrected chi connectivity index (χ1v) is 7.14. The molecule has 2 aromatic rings. The maximum Gasteiger partial charge on any atom is 0.362 e. The number of benzene rings is 2. The van der Waals surface area contributed by atoms with Crippen molar-refractivity contribution in [2.24, 2.45) is 0 Å². The summed E-state index contributed by atoms with van der Waals surface area (Å²) in [7, 11) is 1.63. The third-order valence-corrected chi connectivity index (χ3v) is 3.71. The van der Waals surface area contributed by atoms with Gasteiger partial charge in [0.15, 0.2) is 0 Å². The molecule has 0 aliphatic carbocycles. The summed E-state index contributed by atoms with van der Waals surface area (Å²) >= 11 is 0. The van der Waals surface area contributed by atoms with Crippen molar-refractivity contribution >= 4 is 17.8 Å². The molecule has 0 saturated heterocycles. The van der Waals surface area contributed by atoms with Gasteiger partial charge in [0.2, 0.25) is 0 Å². The molecule has 21 heavy (non-hydrogen) atoms. The zero-order valence-electron chi connectivity index (χ0n) is 12.5. The minimum Gasteiger partial charge on any atom is -0.423 e.